The Morgan fingerprint density at radius 3 is 3.14 bits per heavy atom. The Morgan fingerprint density at radius 2 is 2.57 bits per heavy atom. The van der Waals surface area contributed by atoms with E-state index in [-0.39, 0.29) is 6.10 Å². The van der Waals surface area contributed by atoms with Gasteiger partial charge in [-0.15, -0.1) is 0 Å². The van der Waals surface area contributed by atoms with Crippen LogP contribution in [0.5, 0.6) is 5.75 Å². The molecule has 2 rings (SSSR count). The molecule has 1 fully saturated rings. The highest BCUT2D eigenvalue weighted by Gasteiger charge is 2.26. The van der Waals surface area contributed by atoms with Crippen LogP contribution in [-0.2, 0) is 6.54 Å². The van der Waals surface area contributed by atoms with E-state index in [2.05, 4.69) is 10.4 Å². The van der Waals surface area contributed by atoms with Crippen molar-refractivity contribution in [1.82, 2.24) is 15.1 Å². The molecule has 2 N–H and O–H groups in total. The van der Waals surface area contributed by atoms with Gasteiger partial charge in [-0.05, 0) is 6.92 Å². The van der Waals surface area contributed by atoms with E-state index in [9.17, 15) is 5.11 Å². The SMILES string of the molecule is CCn1cc(O[C@@H]2CNC[C@H]2O)cn1. The first-order chi connectivity index (χ1) is 6.79. The van der Waals surface area contributed by atoms with Crippen molar-refractivity contribution in [3.05, 3.63) is 12.4 Å². The van der Waals surface area contributed by atoms with Crippen molar-refractivity contribution < 1.29 is 9.84 Å². The van der Waals surface area contributed by atoms with Gasteiger partial charge in [-0.2, -0.15) is 5.10 Å². The third-order valence-electron chi connectivity index (χ3n) is 2.35. The molecule has 0 saturated carbocycles. The molecule has 0 aliphatic carbocycles. The minimum atomic E-state index is -0.417. The minimum absolute atomic E-state index is 0.149. The summed E-state index contributed by atoms with van der Waals surface area (Å²) in [5.74, 6) is 0.722. The molecule has 0 spiro atoms. The summed E-state index contributed by atoms with van der Waals surface area (Å²) in [6.07, 6.45) is 2.95. The average Bonchev–Trinajstić information content (AvgIpc) is 2.77. The van der Waals surface area contributed by atoms with Crippen molar-refractivity contribution >= 4 is 0 Å². The van der Waals surface area contributed by atoms with E-state index in [0.717, 1.165) is 12.3 Å². The van der Waals surface area contributed by atoms with Gasteiger partial charge in [0.25, 0.3) is 0 Å². The van der Waals surface area contributed by atoms with Gasteiger partial charge in [-0.1, -0.05) is 0 Å². The lowest BCUT2D eigenvalue weighted by Gasteiger charge is -2.13. The summed E-state index contributed by atoms with van der Waals surface area (Å²) in [5, 5.41) is 16.7. The molecule has 2 atom stereocenters. The van der Waals surface area contributed by atoms with Crippen LogP contribution in [0.3, 0.4) is 0 Å². The van der Waals surface area contributed by atoms with Crippen LogP contribution in [0.25, 0.3) is 0 Å². The molecule has 5 heteroatoms. The zero-order chi connectivity index (χ0) is 9.97. The number of hydrogen-bond donors (Lipinski definition) is 2. The van der Waals surface area contributed by atoms with Crippen molar-refractivity contribution in [3.8, 4) is 5.75 Å². The largest absolute Gasteiger partial charge is 0.483 e. The molecule has 0 amide bonds. The second-order valence-electron chi connectivity index (χ2n) is 3.41. The van der Waals surface area contributed by atoms with E-state index >= 15 is 0 Å². The average molecular weight is 197 g/mol. The van der Waals surface area contributed by atoms with E-state index in [4.69, 9.17) is 4.74 Å². The topological polar surface area (TPSA) is 59.3 Å². The minimum Gasteiger partial charge on any atom is -0.483 e. The molecule has 1 aromatic rings. The normalized spacial score (nSPS) is 26.7. The summed E-state index contributed by atoms with van der Waals surface area (Å²) in [5.41, 5.74) is 0. The fourth-order valence-corrected chi connectivity index (χ4v) is 1.51. The van der Waals surface area contributed by atoms with Gasteiger partial charge < -0.3 is 15.2 Å². The highest BCUT2D eigenvalue weighted by atomic mass is 16.5. The number of β-amino-alcohol motifs (C(OH)–C–C–N with tert-alkyl or cyclic N) is 1. The first-order valence-electron chi connectivity index (χ1n) is 4.87. The van der Waals surface area contributed by atoms with Crippen molar-refractivity contribution in [2.75, 3.05) is 13.1 Å². The number of rotatable bonds is 3. The van der Waals surface area contributed by atoms with Crippen LogP contribution in [-0.4, -0.2) is 40.2 Å². The third-order valence-corrected chi connectivity index (χ3v) is 2.35. The maximum absolute atomic E-state index is 9.50. The van der Waals surface area contributed by atoms with E-state index in [0.29, 0.717) is 13.1 Å². The fourth-order valence-electron chi connectivity index (χ4n) is 1.51. The molecule has 0 aromatic carbocycles. The molecule has 1 aliphatic rings. The highest BCUT2D eigenvalue weighted by Crippen LogP contribution is 2.13. The predicted molar refractivity (Wildman–Crippen MR) is 51.2 cm³/mol. The summed E-state index contributed by atoms with van der Waals surface area (Å²) in [6.45, 7) is 4.14. The Hall–Kier alpha value is -1.07. The van der Waals surface area contributed by atoms with Gasteiger partial charge in [0.1, 0.15) is 12.2 Å². The highest BCUT2D eigenvalue weighted by molar-refractivity contribution is 5.13. The van der Waals surface area contributed by atoms with Gasteiger partial charge in [0.05, 0.1) is 12.4 Å². The number of nitrogens with zero attached hydrogens (tertiary/aromatic N) is 2. The van der Waals surface area contributed by atoms with Gasteiger partial charge in [-0.25, -0.2) is 0 Å². The zero-order valence-electron chi connectivity index (χ0n) is 8.18. The monoisotopic (exact) mass is 197 g/mol. The Morgan fingerprint density at radius 1 is 1.71 bits per heavy atom. The van der Waals surface area contributed by atoms with Gasteiger partial charge >= 0.3 is 0 Å². The van der Waals surface area contributed by atoms with E-state index in [1.165, 1.54) is 0 Å². The molecule has 2 heterocycles. The van der Waals surface area contributed by atoms with Gasteiger partial charge in [0.15, 0.2) is 5.75 Å². The Kier molecular flexibility index (Phi) is 2.69. The first-order valence-corrected chi connectivity index (χ1v) is 4.87. The molecule has 78 valence electrons. The van der Waals surface area contributed by atoms with Gasteiger partial charge in [0.2, 0.25) is 0 Å². The molecule has 14 heavy (non-hydrogen) atoms. The van der Waals surface area contributed by atoms with Crippen molar-refractivity contribution in [2.24, 2.45) is 0 Å². The number of hydrogen-bond acceptors (Lipinski definition) is 4. The molecular formula is C9H15N3O2. The van der Waals surface area contributed by atoms with Crippen LogP contribution in [0.15, 0.2) is 12.4 Å². The summed E-state index contributed by atoms with van der Waals surface area (Å²) in [7, 11) is 0. The molecular weight excluding hydrogens is 182 g/mol. The number of aromatic nitrogens is 2. The Balaban J connectivity index is 1.96. The van der Waals surface area contributed by atoms with Crippen molar-refractivity contribution in [2.45, 2.75) is 25.7 Å². The van der Waals surface area contributed by atoms with Gasteiger partial charge in [0, 0.05) is 19.6 Å². The molecule has 0 bridgehead atoms. The number of nitrogens with one attached hydrogen (secondary N) is 1. The van der Waals surface area contributed by atoms with Crippen molar-refractivity contribution in [3.63, 3.8) is 0 Å². The van der Waals surface area contributed by atoms with Crippen molar-refractivity contribution in [1.29, 1.82) is 0 Å². The molecule has 1 aromatic heterocycles. The van der Waals surface area contributed by atoms with Crippen LogP contribution in [0.4, 0.5) is 0 Å². The zero-order valence-corrected chi connectivity index (χ0v) is 8.18. The van der Waals surface area contributed by atoms with Crippen LogP contribution in [0.1, 0.15) is 6.92 Å². The fraction of sp³-hybridized carbons (Fsp3) is 0.667. The summed E-state index contributed by atoms with van der Waals surface area (Å²) in [4.78, 5) is 0. The van der Waals surface area contributed by atoms with E-state index in [1.54, 1.807) is 10.9 Å². The molecule has 1 aliphatic heterocycles. The maximum atomic E-state index is 9.50. The lowest BCUT2D eigenvalue weighted by atomic mass is 10.3. The lowest BCUT2D eigenvalue weighted by Crippen LogP contribution is -2.29. The second kappa shape index (κ2) is 3.98. The summed E-state index contributed by atoms with van der Waals surface area (Å²) >= 11 is 0. The summed E-state index contributed by atoms with van der Waals surface area (Å²) in [6, 6.07) is 0. The standard InChI is InChI=1S/C9H15N3O2/c1-2-12-6-7(3-11-12)14-9-5-10-4-8(9)13/h3,6,8-10,13H,2,4-5H2,1H3/t8-,9-/m1/s1. The Labute approximate surface area is 82.7 Å². The number of aryl methyl sites for hydroxylation is 1. The molecule has 0 radical (unpaired) electrons. The number of ether oxygens (including phenoxy) is 1. The smallest absolute Gasteiger partial charge is 0.157 e. The number of aliphatic hydroxyl groups excluding tert-OH is 1. The predicted octanol–water partition coefficient (Wildman–Crippen LogP) is -0.386. The van der Waals surface area contributed by atoms with E-state index in [1.807, 2.05) is 13.1 Å². The Bertz CT molecular complexity index is 300. The van der Waals surface area contributed by atoms with Gasteiger partial charge in [-0.3, -0.25) is 4.68 Å². The second-order valence-corrected chi connectivity index (χ2v) is 3.41. The third kappa shape index (κ3) is 1.88. The summed E-state index contributed by atoms with van der Waals surface area (Å²) < 4.78 is 7.37. The van der Waals surface area contributed by atoms with Crippen LogP contribution >= 0.6 is 0 Å². The molecule has 1 saturated heterocycles. The first kappa shape index (κ1) is 9.48. The molecule has 5 nitrogen and oxygen atoms in total. The van der Waals surface area contributed by atoms with E-state index < -0.39 is 6.10 Å². The molecule has 0 unspecified atom stereocenters. The van der Waals surface area contributed by atoms with Crippen LogP contribution in [0, 0.1) is 0 Å². The van der Waals surface area contributed by atoms with Crippen LogP contribution < -0.4 is 10.1 Å². The maximum Gasteiger partial charge on any atom is 0.157 e. The number of aliphatic hydroxyl groups is 1. The quantitative estimate of drug-likeness (QED) is 0.693. The van der Waals surface area contributed by atoms with Crippen LogP contribution in [0.2, 0.25) is 0 Å². The lowest BCUT2D eigenvalue weighted by molar-refractivity contribution is 0.0737.